The van der Waals surface area contributed by atoms with Crippen molar-refractivity contribution in [2.75, 3.05) is 14.2 Å². The summed E-state index contributed by atoms with van der Waals surface area (Å²) in [7, 11) is 3.10. The Labute approximate surface area is 74.0 Å². The number of amides is 1. The Morgan fingerprint density at radius 1 is 1.75 bits per heavy atom. The molecule has 70 valence electrons. The maximum atomic E-state index is 11.2. The van der Waals surface area contributed by atoms with Crippen molar-refractivity contribution in [3.8, 4) is 0 Å². The fraction of sp³-hybridized carbons (Fsp3) is 0.667. The molecule has 0 saturated carbocycles. The van der Waals surface area contributed by atoms with Gasteiger partial charge in [0, 0.05) is 13.5 Å². The predicted molar refractivity (Wildman–Crippen MR) is 48.4 cm³/mol. The summed E-state index contributed by atoms with van der Waals surface area (Å²) in [6.07, 6.45) is 3.20. The number of hydrogen-bond acceptors (Lipinski definition) is 2. The zero-order chi connectivity index (χ0) is 9.56. The van der Waals surface area contributed by atoms with Crippen molar-refractivity contribution in [2.24, 2.45) is 5.92 Å². The molecule has 0 aromatic carbocycles. The highest BCUT2D eigenvalue weighted by atomic mass is 16.7. The number of allylic oxidation sites excluding steroid dienone is 1. The summed E-state index contributed by atoms with van der Waals surface area (Å²) in [5.41, 5.74) is 0. The van der Waals surface area contributed by atoms with Crippen LogP contribution in [0.15, 0.2) is 12.7 Å². The summed E-state index contributed by atoms with van der Waals surface area (Å²) in [4.78, 5) is 16.0. The summed E-state index contributed by atoms with van der Waals surface area (Å²) in [5.74, 6) is 0.347. The standard InChI is InChI=1S/C9H17NO2/c1-5-6-8(2)7-9(11)10(3)12-4/h5,8H,1,6-7H2,2-4H3/t8-/m1/s1. The van der Waals surface area contributed by atoms with E-state index in [9.17, 15) is 4.79 Å². The first-order valence-corrected chi connectivity index (χ1v) is 4.03. The van der Waals surface area contributed by atoms with Crippen LogP contribution < -0.4 is 0 Å². The van der Waals surface area contributed by atoms with Crippen molar-refractivity contribution in [1.29, 1.82) is 0 Å². The highest BCUT2D eigenvalue weighted by Crippen LogP contribution is 2.09. The van der Waals surface area contributed by atoms with E-state index in [1.807, 2.05) is 13.0 Å². The molecule has 3 nitrogen and oxygen atoms in total. The summed E-state index contributed by atoms with van der Waals surface area (Å²) in [6.45, 7) is 5.63. The SMILES string of the molecule is C=CC[C@@H](C)CC(=O)N(C)OC. The van der Waals surface area contributed by atoms with Crippen molar-refractivity contribution in [1.82, 2.24) is 5.06 Å². The summed E-state index contributed by atoms with van der Waals surface area (Å²) in [6, 6.07) is 0. The Morgan fingerprint density at radius 2 is 2.33 bits per heavy atom. The maximum Gasteiger partial charge on any atom is 0.246 e. The molecular formula is C9H17NO2. The van der Waals surface area contributed by atoms with Gasteiger partial charge in [0.25, 0.3) is 0 Å². The van der Waals surface area contributed by atoms with Gasteiger partial charge in [0.1, 0.15) is 0 Å². The molecular weight excluding hydrogens is 154 g/mol. The smallest absolute Gasteiger partial charge is 0.246 e. The summed E-state index contributed by atoms with van der Waals surface area (Å²) in [5, 5.41) is 1.25. The lowest BCUT2D eigenvalue weighted by molar-refractivity contribution is -0.169. The van der Waals surface area contributed by atoms with Gasteiger partial charge in [-0.1, -0.05) is 13.0 Å². The van der Waals surface area contributed by atoms with Gasteiger partial charge in [-0.15, -0.1) is 6.58 Å². The van der Waals surface area contributed by atoms with Crippen LogP contribution in [0, 0.1) is 5.92 Å². The molecule has 0 N–H and O–H groups in total. The molecule has 0 aromatic rings. The Balaban J connectivity index is 3.75. The van der Waals surface area contributed by atoms with Gasteiger partial charge in [-0.25, -0.2) is 5.06 Å². The highest BCUT2D eigenvalue weighted by molar-refractivity contribution is 5.74. The average molecular weight is 171 g/mol. The molecule has 0 spiro atoms. The predicted octanol–water partition coefficient (Wildman–Crippen LogP) is 1.61. The first-order chi connectivity index (χ1) is 5.61. The summed E-state index contributed by atoms with van der Waals surface area (Å²) < 4.78 is 0. The second-order valence-electron chi connectivity index (χ2n) is 2.91. The Hall–Kier alpha value is -0.830. The van der Waals surface area contributed by atoms with Crippen molar-refractivity contribution >= 4 is 5.91 Å². The van der Waals surface area contributed by atoms with Gasteiger partial charge in [0.15, 0.2) is 0 Å². The van der Waals surface area contributed by atoms with Crippen molar-refractivity contribution in [2.45, 2.75) is 19.8 Å². The molecule has 12 heavy (non-hydrogen) atoms. The fourth-order valence-corrected chi connectivity index (χ4v) is 0.896. The molecule has 0 radical (unpaired) electrons. The van der Waals surface area contributed by atoms with Crippen molar-refractivity contribution < 1.29 is 9.63 Å². The van der Waals surface area contributed by atoms with Crippen molar-refractivity contribution in [3.05, 3.63) is 12.7 Å². The van der Waals surface area contributed by atoms with Crippen LogP contribution in [-0.4, -0.2) is 25.1 Å². The molecule has 0 saturated heterocycles. The average Bonchev–Trinajstić information content (AvgIpc) is 2.03. The largest absolute Gasteiger partial charge is 0.275 e. The molecule has 0 aliphatic carbocycles. The third-order valence-electron chi connectivity index (χ3n) is 1.72. The monoisotopic (exact) mass is 171 g/mol. The Kier molecular flexibility index (Phi) is 5.37. The number of hydroxylamine groups is 2. The minimum Gasteiger partial charge on any atom is -0.275 e. The van der Waals surface area contributed by atoms with Crippen LogP contribution in [0.4, 0.5) is 0 Å². The fourth-order valence-electron chi connectivity index (χ4n) is 0.896. The number of hydrogen-bond donors (Lipinski definition) is 0. The van der Waals surface area contributed by atoms with Crippen LogP contribution >= 0.6 is 0 Å². The molecule has 0 aliphatic heterocycles. The molecule has 0 rings (SSSR count). The van der Waals surface area contributed by atoms with Gasteiger partial charge in [-0.05, 0) is 12.3 Å². The highest BCUT2D eigenvalue weighted by Gasteiger charge is 2.11. The van der Waals surface area contributed by atoms with E-state index in [-0.39, 0.29) is 5.91 Å². The first kappa shape index (κ1) is 11.2. The number of nitrogens with zero attached hydrogens (tertiary/aromatic N) is 1. The van der Waals surface area contributed by atoms with E-state index < -0.39 is 0 Å². The van der Waals surface area contributed by atoms with E-state index in [0.29, 0.717) is 12.3 Å². The zero-order valence-electron chi connectivity index (χ0n) is 8.04. The first-order valence-electron chi connectivity index (χ1n) is 4.03. The third-order valence-corrected chi connectivity index (χ3v) is 1.72. The van der Waals surface area contributed by atoms with Gasteiger partial charge < -0.3 is 0 Å². The van der Waals surface area contributed by atoms with Gasteiger partial charge in [0.2, 0.25) is 5.91 Å². The van der Waals surface area contributed by atoms with Crippen LogP contribution in [0.3, 0.4) is 0 Å². The van der Waals surface area contributed by atoms with E-state index in [1.54, 1.807) is 7.05 Å². The second kappa shape index (κ2) is 5.77. The van der Waals surface area contributed by atoms with Crippen LogP contribution in [0.1, 0.15) is 19.8 Å². The molecule has 0 unspecified atom stereocenters. The molecule has 0 aromatic heterocycles. The van der Waals surface area contributed by atoms with E-state index >= 15 is 0 Å². The minimum atomic E-state index is 0.00634. The second-order valence-corrected chi connectivity index (χ2v) is 2.91. The molecule has 3 heteroatoms. The van der Waals surface area contributed by atoms with Crippen LogP contribution in [-0.2, 0) is 9.63 Å². The van der Waals surface area contributed by atoms with E-state index in [1.165, 1.54) is 12.2 Å². The lowest BCUT2D eigenvalue weighted by Crippen LogP contribution is -2.26. The molecule has 0 aliphatic rings. The topological polar surface area (TPSA) is 29.5 Å². The molecule has 0 heterocycles. The van der Waals surface area contributed by atoms with E-state index in [2.05, 4.69) is 6.58 Å². The van der Waals surface area contributed by atoms with Crippen LogP contribution in [0.5, 0.6) is 0 Å². The van der Waals surface area contributed by atoms with Crippen LogP contribution in [0.2, 0.25) is 0 Å². The lowest BCUT2D eigenvalue weighted by atomic mass is 10.0. The van der Waals surface area contributed by atoms with Gasteiger partial charge in [-0.2, -0.15) is 0 Å². The normalized spacial score (nSPS) is 12.2. The van der Waals surface area contributed by atoms with Crippen molar-refractivity contribution in [3.63, 3.8) is 0 Å². The molecule has 1 amide bonds. The number of carbonyl (C=O) groups excluding carboxylic acids is 1. The van der Waals surface area contributed by atoms with Gasteiger partial charge in [-0.3, -0.25) is 9.63 Å². The Morgan fingerprint density at radius 3 is 2.75 bits per heavy atom. The van der Waals surface area contributed by atoms with Gasteiger partial charge >= 0.3 is 0 Å². The summed E-state index contributed by atoms with van der Waals surface area (Å²) >= 11 is 0. The number of carbonyl (C=O) groups is 1. The number of rotatable bonds is 5. The third kappa shape index (κ3) is 4.13. The molecule has 1 atom stereocenters. The van der Waals surface area contributed by atoms with E-state index in [0.717, 1.165) is 6.42 Å². The molecule has 0 bridgehead atoms. The zero-order valence-corrected chi connectivity index (χ0v) is 8.04. The van der Waals surface area contributed by atoms with E-state index in [4.69, 9.17) is 4.84 Å². The molecule has 0 fully saturated rings. The quantitative estimate of drug-likeness (QED) is 0.464. The maximum absolute atomic E-state index is 11.2. The Bertz CT molecular complexity index is 157. The van der Waals surface area contributed by atoms with Gasteiger partial charge in [0.05, 0.1) is 7.11 Å². The minimum absolute atomic E-state index is 0.00634. The lowest BCUT2D eigenvalue weighted by Gasteiger charge is -2.15. The van der Waals surface area contributed by atoms with Crippen LogP contribution in [0.25, 0.3) is 0 Å².